The van der Waals surface area contributed by atoms with Crippen molar-refractivity contribution in [2.75, 3.05) is 26.2 Å². The summed E-state index contributed by atoms with van der Waals surface area (Å²) in [7, 11) is 1.65. The summed E-state index contributed by atoms with van der Waals surface area (Å²) >= 11 is 0. The van der Waals surface area contributed by atoms with E-state index >= 15 is 0 Å². The molecule has 6 nitrogen and oxygen atoms in total. The Kier molecular flexibility index (Phi) is 6.17. The van der Waals surface area contributed by atoms with E-state index in [2.05, 4.69) is 30.1 Å². The summed E-state index contributed by atoms with van der Waals surface area (Å²) in [5, 5.41) is 2.88. The van der Waals surface area contributed by atoms with Gasteiger partial charge in [0.2, 0.25) is 0 Å². The highest BCUT2D eigenvalue weighted by Crippen LogP contribution is 2.38. The lowest BCUT2D eigenvalue weighted by molar-refractivity contribution is -0.0741. The molecule has 2 saturated heterocycles. The summed E-state index contributed by atoms with van der Waals surface area (Å²) in [4.78, 5) is 26.8. The number of piperidine rings is 1. The number of allylic oxidation sites excluding steroid dienone is 1. The van der Waals surface area contributed by atoms with Crippen LogP contribution in [0.3, 0.4) is 0 Å². The number of ether oxygens (including phenoxy) is 1. The monoisotopic (exact) mass is 373 g/mol. The van der Waals surface area contributed by atoms with E-state index in [1.54, 1.807) is 25.4 Å². The lowest BCUT2D eigenvalue weighted by Gasteiger charge is -2.39. The lowest BCUT2D eigenvalue weighted by Crippen LogP contribution is -2.45. The van der Waals surface area contributed by atoms with Gasteiger partial charge in [0.1, 0.15) is 5.56 Å². The molecule has 1 aromatic heterocycles. The van der Waals surface area contributed by atoms with Gasteiger partial charge in [-0.1, -0.05) is 11.6 Å². The minimum atomic E-state index is -0.322. The van der Waals surface area contributed by atoms with Crippen molar-refractivity contribution in [3.63, 3.8) is 0 Å². The van der Waals surface area contributed by atoms with Gasteiger partial charge in [-0.15, -0.1) is 0 Å². The molecule has 1 spiro atoms. The van der Waals surface area contributed by atoms with Crippen molar-refractivity contribution < 1.29 is 9.53 Å². The van der Waals surface area contributed by atoms with Crippen molar-refractivity contribution in [2.24, 2.45) is 7.05 Å². The van der Waals surface area contributed by atoms with Crippen molar-refractivity contribution in [3.8, 4) is 0 Å². The van der Waals surface area contributed by atoms with Crippen molar-refractivity contribution in [2.45, 2.75) is 51.2 Å². The molecule has 0 saturated carbocycles. The maximum Gasteiger partial charge on any atom is 0.263 e. The maximum absolute atomic E-state index is 12.3. The lowest BCUT2D eigenvalue weighted by atomic mass is 9.88. The van der Waals surface area contributed by atoms with Gasteiger partial charge >= 0.3 is 0 Å². The summed E-state index contributed by atoms with van der Waals surface area (Å²) in [6.45, 7) is 7.86. The van der Waals surface area contributed by atoms with Crippen LogP contribution in [0.15, 0.2) is 34.8 Å². The Labute approximate surface area is 161 Å². The van der Waals surface area contributed by atoms with Crippen LogP contribution < -0.4 is 10.9 Å². The maximum atomic E-state index is 12.3. The molecular weight excluding hydrogens is 342 g/mol. The Bertz CT molecular complexity index is 756. The number of carbonyl (C=O) groups excluding carboxylic acids is 1. The first-order valence-electron chi connectivity index (χ1n) is 9.86. The highest BCUT2D eigenvalue weighted by Gasteiger charge is 2.42. The van der Waals surface area contributed by atoms with Crippen LogP contribution in [-0.2, 0) is 11.8 Å². The van der Waals surface area contributed by atoms with Gasteiger partial charge in [0.25, 0.3) is 11.5 Å². The third-order valence-corrected chi connectivity index (χ3v) is 5.72. The Balaban J connectivity index is 1.48. The number of pyridine rings is 1. The fraction of sp³-hybridized carbons (Fsp3) is 0.619. The van der Waals surface area contributed by atoms with E-state index in [-0.39, 0.29) is 28.7 Å². The predicted octanol–water partition coefficient (Wildman–Crippen LogP) is 2.09. The van der Waals surface area contributed by atoms with Gasteiger partial charge in [0, 0.05) is 39.4 Å². The van der Waals surface area contributed by atoms with Gasteiger partial charge < -0.3 is 14.6 Å². The smallest absolute Gasteiger partial charge is 0.263 e. The second-order valence-electron chi connectivity index (χ2n) is 8.09. The van der Waals surface area contributed by atoms with E-state index in [0.29, 0.717) is 6.54 Å². The number of hydrogen-bond donors (Lipinski definition) is 1. The molecule has 2 fully saturated rings. The van der Waals surface area contributed by atoms with E-state index in [1.165, 1.54) is 10.1 Å². The molecule has 1 N–H and O–H groups in total. The summed E-state index contributed by atoms with van der Waals surface area (Å²) in [5.41, 5.74) is 1.24. The molecule has 3 heterocycles. The number of aryl methyl sites for hydroxylation is 1. The van der Waals surface area contributed by atoms with Crippen molar-refractivity contribution in [1.82, 2.24) is 14.8 Å². The molecule has 3 rings (SSSR count). The SMILES string of the molecule is CC(C)=CCN1CCC2(CCC(CNC(=O)c3cccn(C)c3=O)O2)CC1. The van der Waals surface area contributed by atoms with Crippen LogP contribution >= 0.6 is 0 Å². The molecule has 2 aliphatic heterocycles. The normalized spacial score (nSPS) is 22.0. The molecule has 0 radical (unpaired) electrons. The van der Waals surface area contributed by atoms with E-state index in [0.717, 1.165) is 45.3 Å². The number of rotatable bonds is 5. The topological polar surface area (TPSA) is 63.6 Å². The zero-order chi connectivity index (χ0) is 19.4. The largest absolute Gasteiger partial charge is 0.370 e. The number of aromatic nitrogens is 1. The van der Waals surface area contributed by atoms with Gasteiger partial charge in [-0.3, -0.25) is 14.5 Å². The van der Waals surface area contributed by atoms with Crippen molar-refractivity contribution in [3.05, 3.63) is 45.9 Å². The summed E-state index contributed by atoms with van der Waals surface area (Å²) in [6.07, 6.45) is 8.07. The first-order valence-corrected chi connectivity index (χ1v) is 9.86. The zero-order valence-corrected chi connectivity index (χ0v) is 16.7. The molecule has 0 bridgehead atoms. The average Bonchev–Trinajstić information content (AvgIpc) is 3.04. The fourth-order valence-electron chi connectivity index (χ4n) is 3.93. The third kappa shape index (κ3) is 4.87. The number of hydrogen-bond acceptors (Lipinski definition) is 4. The Morgan fingerprint density at radius 3 is 2.78 bits per heavy atom. The molecule has 1 atom stereocenters. The number of nitrogens with one attached hydrogen (secondary N) is 1. The molecule has 0 aliphatic carbocycles. The van der Waals surface area contributed by atoms with Crippen molar-refractivity contribution in [1.29, 1.82) is 0 Å². The average molecular weight is 373 g/mol. The molecule has 2 aliphatic rings. The van der Waals surface area contributed by atoms with Crippen LogP contribution in [0.4, 0.5) is 0 Å². The molecule has 27 heavy (non-hydrogen) atoms. The van der Waals surface area contributed by atoms with Gasteiger partial charge in [-0.25, -0.2) is 0 Å². The number of carbonyl (C=O) groups is 1. The minimum absolute atomic E-state index is 0.0280. The molecule has 6 heteroatoms. The van der Waals surface area contributed by atoms with E-state index < -0.39 is 0 Å². The summed E-state index contributed by atoms with van der Waals surface area (Å²) < 4.78 is 7.78. The standard InChI is InChI=1S/C21H31N3O3/c1-16(2)7-12-24-13-9-21(10-14-24)8-6-17(27-21)15-22-19(25)18-5-4-11-23(3)20(18)26/h4-5,7,11,17H,6,8-10,12-15H2,1-3H3,(H,22,25). The van der Waals surface area contributed by atoms with Gasteiger partial charge in [-0.05, 0) is 51.7 Å². The number of amides is 1. The molecule has 1 unspecified atom stereocenters. The van der Waals surface area contributed by atoms with E-state index in [1.807, 2.05) is 0 Å². The molecule has 1 aromatic rings. The number of likely N-dealkylation sites (tertiary alicyclic amines) is 1. The Hall–Kier alpha value is -1.92. The Morgan fingerprint density at radius 2 is 2.07 bits per heavy atom. The molecule has 1 amide bonds. The van der Waals surface area contributed by atoms with Crippen LogP contribution in [0, 0.1) is 0 Å². The molecule has 148 valence electrons. The zero-order valence-electron chi connectivity index (χ0n) is 16.7. The van der Waals surface area contributed by atoms with Gasteiger partial charge in [0.15, 0.2) is 0 Å². The van der Waals surface area contributed by atoms with Gasteiger partial charge in [0.05, 0.1) is 11.7 Å². The second kappa shape index (κ2) is 8.40. The van der Waals surface area contributed by atoms with Crippen LogP contribution in [0.2, 0.25) is 0 Å². The van der Waals surface area contributed by atoms with Crippen LogP contribution in [0.5, 0.6) is 0 Å². The quantitative estimate of drug-likeness (QED) is 0.803. The molecular formula is C21H31N3O3. The highest BCUT2D eigenvalue weighted by molar-refractivity contribution is 5.93. The minimum Gasteiger partial charge on any atom is -0.370 e. The van der Waals surface area contributed by atoms with Crippen LogP contribution in [0.1, 0.15) is 49.9 Å². The van der Waals surface area contributed by atoms with Crippen LogP contribution in [-0.4, -0.2) is 53.3 Å². The van der Waals surface area contributed by atoms with E-state index in [4.69, 9.17) is 4.74 Å². The first kappa shape index (κ1) is 19.8. The fourth-order valence-corrected chi connectivity index (χ4v) is 3.93. The first-order chi connectivity index (χ1) is 12.9. The predicted molar refractivity (Wildman–Crippen MR) is 106 cm³/mol. The van der Waals surface area contributed by atoms with Crippen LogP contribution in [0.25, 0.3) is 0 Å². The number of nitrogens with zero attached hydrogens (tertiary/aromatic N) is 2. The van der Waals surface area contributed by atoms with Gasteiger partial charge in [-0.2, -0.15) is 0 Å². The second-order valence-corrected chi connectivity index (χ2v) is 8.09. The summed E-state index contributed by atoms with van der Waals surface area (Å²) in [6, 6.07) is 3.28. The van der Waals surface area contributed by atoms with Crippen molar-refractivity contribution >= 4 is 5.91 Å². The van der Waals surface area contributed by atoms with E-state index in [9.17, 15) is 9.59 Å². The highest BCUT2D eigenvalue weighted by atomic mass is 16.5. The Morgan fingerprint density at radius 1 is 1.33 bits per heavy atom. The third-order valence-electron chi connectivity index (χ3n) is 5.72. The molecule has 0 aromatic carbocycles. The summed E-state index contributed by atoms with van der Waals surface area (Å²) in [5.74, 6) is -0.322.